The fourth-order valence-electron chi connectivity index (χ4n) is 4.12. The standard InChI is InChI=1S/C26H38N4O2S/c1-4-5-6-7-8-9-10-11-12-13-18-30-22-23(29(3)25(32)28-24(22)31)27-26(30)33-19-21-16-14-20(2)15-17-21/h14-17H,4-13,18-19H2,1-3H3,(H,28,31,32). The highest BCUT2D eigenvalue weighted by molar-refractivity contribution is 7.98. The SMILES string of the molecule is CCCCCCCCCCCCn1c(SCc2ccc(C)cc2)nc2c1c(=O)[nH]c(=O)n2C. The Bertz CT molecular complexity index is 1130. The van der Waals surface area contributed by atoms with E-state index in [1.165, 1.54) is 67.1 Å². The van der Waals surface area contributed by atoms with Gasteiger partial charge >= 0.3 is 5.69 Å². The van der Waals surface area contributed by atoms with Crippen LogP contribution in [0.15, 0.2) is 39.0 Å². The molecule has 7 heteroatoms. The van der Waals surface area contributed by atoms with Crippen LogP contribution in [0.4, 0.5) is 0 Å². The summed E-state index contributed by atoms with van der Waals surface area (Å²) in [5.74, 6) is 0.771. The number of rotatable bonds is 14. The Kier molecular flexibility index (Phi) is 9.85. The van der Waals surface area contributed by atoms with Crippen molar-refractivity contribution in [2.75, 3.05) is 0 Å². The molecule has 0 aliphatic heterocycles. The highest BCUT2D eigenvalue weighted by Gasteiger charge is 2.17. The first-order chi connectivity index (χ1) is 16.0. The summed E-state index contributed by atoms with van der Waals surface area (Å²) in [6.07, 6.45) is 12.7. The third kappa shape index (κ3) is 7.10. The van der Waals surface area contributed by atoms with Crippen LogP contribution in [-0.4, -0.2) is 19.1 Å². The molecule has 0 amide bonds. The first-order valence-electron chi connectivity index (χ1n) is 12.4. The molecule has 1 aromatic carbocycles. The molecule has 0 aliphatic rings. The van der Waals surface area contributed by atoms with Crippen LogP contribution in [0.25, 0.3) is 11.2 Å². The lowest BCUT2D eigenvalue weighted by Gasteiger charge is -2.09. The molecule has 0 aliphatic carbocycles. The molecule has 2 heterocycles. The largest absolute Gasteiger partial charge is 0.329 e. The van der Waals surface area contributed by atoms with Crippen molar-refractivity contribution >= 4 is 22.9 Å². The van der Waals surface area contributed by atoms with Crippen LogP contribution in [0, 0.1) is 6.92 Å². The van der Waals surface area contributed by atoms with E-state index in [0.29, 0.717) is 11.2 Å². The van der Waals surface area contributed by atoms with Gasteiger partial charge in [0.25, 0.3) is 5.56 Å². The van der Waals surface area contributed by atoms with Crippen molar-refractivity contribution in [2.45, 2.75) is 95.5 Å². The van der Waals surface area contributed by atoms with Crippen LogP contribution in [0.1, 0.15) is 82.3 Å². The molecule has 0 fully saturated rings. The predicted molar refractivity (Wildman–Crippen MR) is 138 cm³/mol. The number of H-pyrrole nitrogens is 1. The second-order valence-electron chi connectivity index (χ2n) is 8.99. The molecule has 1 N–H and O–H groups in total. The molecule has 2 aromatic heterocycles. The molecule has 3 rings (SSSR count). The number of nitrogens with one attached hydrogen (secondary N) is 1. The van der Waals surface area contributed by atoms with Crippen molar-refractivity contribution in [1.82, 2.24) is 19.1 Å². The highest BCUT2D eigenvalue weighted by atomic mass is 32.2. The summed E-state index contributed by atoms with van der Waals surface area (Å²) in [4.78, 5) is 31.9. The van der Waals surface area contributed by atoms with Crippen molar-refractivity contribution in [3.05, 3.63) is 56.2 Å². The van der Waals surface area contributed by atoms with Gasteiger partial charge in [-0.3, -0.25) is 14.3 Å². The lowest BCUT2D eigenvalue weighted by atomic mass is 10.1. The van der Waals surface area contributed by atoms with E-state index < -0.39 is 5.69 Å². The number of hydrogen-bond donors (Lipinski definition) is 1. The molecule has 33 heavy (non-hydrogen) atoms. The lowest BCUT2D eigenvalue weighted by molar-refractivity contribution is 0.527. The van der Waals surface area contributed by atoms with Crippen molar-refractivity contribution in [3.63, 3.8) is 0 Å². The van der Waals surface area contributed by atoms with Gasteiger partial charge in [-0.1, -0.05) is 106 Å². The molecule has 0 bridgehead atoms. The quantitative estimate of drug-likeness (QED) is 0.234. The fourth-order valence-corrected chi connectivity index (χ4v) is 5.10. The number of aromatic nitrogens is 4. The monoisotopic (exact) mass is 470 g/mol. The molecular weight excluding hydrogens is 432 g/mol. The Morgan fingerprint density at radius 2 is 1.52 bits per heavy atom. The molecule has 0 saturated heterocycles. The first kappa shape index (κ1) is 25.3. The fraction of sp³-hybridized carbons (Fsp3) is 0.577. The zero-order valence-corrected chi connectivity index (χ0v) is 21.2. The number of hydrogen-bond acceptors (Lipinski definition) is 4. The van der Waals surface area contributed by atoms with Gasteiger partial charge in [-0.25, -0.2) is 9.78 Å². The Hall–Kier alpha value is -2.28. The van der Waals surface area contributed by atoms with E-state index in [9.17, 15) is 9.59 Å². The zero-order chi connectivity index (χ0) is 23.6. The first-order valence-corrected chi connectivity index (χ1v) is 13.4. The minimum Gasteiger partial charge on any atom is -0.313 e. The molecule has 3 aromatic rings. The minimum atomic E-state index is -0.425. The molecule has 6 nitrogen and oxygen atoms in total. The second-order valence-corrected chi connectivity index (χ2v) is 9.94. The highest BCUT2D eigenvalue weighted by Crippen LogP contribution is 2.26. The summed E-state index contributed by atoms with van der Waals surface area (Å²) >= 11 is 1.62. The van der Waals surface area contributed by atoms with Gasteiger partial charge < -0.3 is 4.57 Å². The maximum atomic E-state index is 12.6. The van der Waals surface area contributed by atoms with E-state index in [0.717, 1.165) is 30.3 Å². The summed E-state index contributed by atoms with van der Waals surface area (Å²) < 4.78 is 3.44. The average molecular weight is 471 g/mol. The van der Waals surface area contributed by atoms with Gasteiger partial charge in [0, 0.05) is 19.3 Å². The van der Waals surface area contributed by atoms with E-state index in [1.54, 1.807) is 18.8 Å². The molecule has 0 atom stereocenters. The van der Waals surface area contributed by atoms with Crippen molar-refractivity contribution < 1.29 is 0 Å². The number of imidazole rings is 1. The zero-order valence-electron chi connectivity index (χ0n) is 20.4. The summed E-state index contributed by atoms with van der Waals surface area (Å²) in [6.45, 7) is 5.07. The van der Waals surface area contributed by atoms with Gasteiger partial charge in [-0.05, 0) is 18.9 Å². The van der Waals surface area contributed by atoms with Gasteiger partial charge in [-0.15, -0.1) is 0 Å². The van der Waals surface area contributed by atoms with Crippen LogP contribution >= 0.6 is 11.8 Å². The molecule has 0 unspecified atom stereocenters. The number of thioether (sulfide) groups is 1. The molecule has 0 radical (unpaired) electrons. The Labute approximate surface area is 200 Å². The Morgan fingerprint density at radius 3 is 2.15 bits per heavy atom. The Morgan fingerprint density at radius 1 is 0.909 bits per heavy atom. The van der Waals surface area contributed by atoms with Crippen LogP contribution < -0.4 is 11.2 Å². The van der Waals surface area contributed by atoms with Crippen molar-refractivity contribution in [3.8, 4) is 0 Å². The van der Waals surface area contributed by atoms with Gasteiger partial charge in [0.1, 0.15) is 0 Å². The van der Waals surface area contributed by atoms with Crippen molar-refractivity contribution in [1.29, 1.82) is 0 Å². The third-order valence-corrected chi connectivity index (χ3v) is 7.24. The maximum Gasteiger partial charge on any atom is 0.329 e. The topological polar surface area (TPSA) is 72.7 Å². The van der Waals surface area contributed by atoms with E-state index in [-0.39, 0.29) is 5.56 Å². The molecule has 180 valence electrons. The number of aryl methyl sites for hydroxylation is 3. The van der Waals surface area contributed by atoms with E-state index in [4.69, 9.17) is 4.98 Å². The van der Waals surface area contributed by atoms with Crippen LogP contribution in [0.3, 0.4) is 0 Å². The number of fused-ring (bicyclic) bond motifs is 1. The number of aromatic amines is 1. The lowest BCUT2D eigenvalue weighted by Crippen LogP contribution is -2.29. The summed E-state index contributed by atoms with van der Waals surface area (Å²) in [5, 5.41) is 0.799. The van der Waals surface area contributed by atoms with Crippen LogP contribution in [0.5, 0.6) is 0 Å². The van der Waals surface area contributed by atoms with Gasteiger partial charge in [0.05, 0.1) is 0 Å². The van der Waals surface area contributed by atoms with Gasteiger partial charge in [-0.2, -0.15) is 0 Å². The van der Waals surface area contributed by atoms with Gasteiger partial charge in [0.2, 0.25) is 0 Å². The summed E-state index contributed by atoms with van der Waals surface area (Å²) in [7, 11) is 1.66. The molecule has 0 saturated carbocycles. The number of unbranched alkanes of at least 4 members (excludes halogenated alkanes) is 9. The average Bonchev–Trinajstić information content (AvgIpc) is 3.17. The number of benzene rings is 1. The smallest absolute Gasteiger partial charge is 0.313 e. The third-order valence-electron chi connectivity index (χ3n) is 6.20. The molecular formula is C26H38N4O2S. The number of nitrogens with zero attached hydrogens (tertiary/aromatic N) is 3. The molecule has 0 spiro atoms. The Balaban J connectivity index is 1.64. The minimum absolute atomic E-state index is 0.352. The summed E-state index contributed by atoms with van der Waals surface area (Å²) in [5.41, 5.74) is 2.63. The van der Waals surface area contributed by atoms with E-state index in [1.807, 2.05) is 4.57 Å². The van der Waals surface area contributed by atoms with Crippen LogP contribution in [0.2, 0.25) is 0 Å². The predicted octanol–water partition coefficient (Wildman–Crippen LogP) is 5.94. The second kappa shape index (κ2) is 12.8. The normalized spacial score (nSPS) is 11.5. The van der Waals surface area contributed by atoms with Crippen molar-refractivity contribution in [2.24, 2.45) is 7.05 Å². The van der Waals surface area contributed by atoms with E-state index in [2.05, 4.69) is 43.1 Å². The van der Waals surface area contributed by atoms with Crippen LogP contribution in [-0.2, 0) is 19.3 Å². The summed E-state index contributed by atoms with van der Waals surface area (Å²) in [6, 6.07) is 8.47. The van der Waals surface area contributed by atoms with E-state index >= 15 is 0 Å². The maximum absolute atomic E-state index is 12.6. The van der Waals surface area contributed by atoms with Gasteiger partial charge in [0.15, 0.2) is 16.3 Å².